The fourth-order valence-electron chi connectivity index (χ4n) is 1.80. The van der Waals surface area contributed by atoms with E-state index in [0.29, 0.717) is 11.3 Å². The molecule has 0 radical (unpaired) electrons. The molecule has 3 nitrogen and oxygen atoms in total. The van der Waals surface area contributed by atoms with E-state index < -0.39 is 5.82 Å². The van der Waals surface area contributed by atoms with Gasteiger partial charge < -0.3 is 10.1 Å². The molecule has 0 aliphatic heterocycles. The van der Waals surface area contributed by atoms with Crippen molar-refractivity contribution in [2.75, 3.05) is 12.4 Å². The minimum atomic E-state index is -0.517. The van der Waals surface area contributed by atoms with E-state index in [1.165, 1.54) is 19.2 Å². The largest absolute Gasteiger partial charge is 0.494 e. The van der Waals surface area contributed by atoms with Crippen molar-refractivity contribution in [2.24, 2.45) is 0 Å². The number of hydrogen-bond donors (Lipinski definition) is 1. The number of halogens is 2. The second-order valence-corrected chi connectivity index (χ2v) is 5.07. The van der Waals surface area contributed by atoms with Crippen molar-refractivity contribution >= 4 is 27.5 Å². The standard InChI is InChI=1S/C15H13BrFNO2/c1-9-11(4-3-5-12(9)16)15(19)18-10-6-7-14(20-2)13(17)8-10/h3-8H,1-2H3,(H,18,19). The van der Waals surface area contributed by atoms with Crippen molar-refractivity contribution < 1.29 is 13.9 Å². The summed E-state index contributed by atoms with van der Waals surface area (Å²) in [6, 6.07) is 9.64. The number of hydrogen-bond acceptors (Lipinski definition) is 2. The van der Waals surface area contributed by atoms with E-state index >= 15 is 0 Å². The molecule has 0 saturated heterocycles. The number of amides is 1. The summed E-state index contributed by atoms with van der Waals surface area (Å²) in [5.74, 6) is -0.661. The molecule has 1 amide bonds. The molecule has 0 fully saturated rings. The molecule has 104 valence electrons. The fourth-order valence-corrected chi connectivity index (χ4v) is 2.16. The van der Waals surface area contributed by atoms with Gasteiger partial charge in [0.1, 0.15) is 0 Å². The number of carbonyl (C=O) groups excluding carboxylic acids is 1. The Morgan fingerprint density at radius 3 is 2.70 bits per heavy atom. The Kier molecular flexibility index (Phi) is 4.39. The molecule has 0 aliphatic carbocycles. The van der Waals surface area contributed by atoms with E-state index in [-0.39, 0.29) is 11.7 Å². The summed E-state index contributed by atoms with van der Waals surface area (Å²) in [7, 11) is 1.39. The first-order chi connectivity index (χ1) is 9.52. The van der Waals surface area contributed by atoms with Crippen LogP contribution in [0.4, 0.5) is 10.1 Å². The average Bonchev–Trinajstić information content (AvgIpc) is 2.42. The van der Waals surface area contributed by atoms with Crippen LogP contribution < -0.4 is 10.1 Å². The number of methoxy groups -OCH3 is 1. The topological polar surface area (TPSA) is 38.3 Å². The first-order valence-corrected chi connectivity index (χ1v) is 6.72. The fraction of sp³-hybridized carbons (Fsp3) is 0.133. The molecule has 0 unspecified atom stereocenters. The van der Waals surface area contributed by atoms with Gasteiger partial charge in [-0.05, 0) is 36.8 Å². The van der Waals surface area contributed by atoms with Gasteiger partial charge >= 0.3 is 0 Å². The van der Waals surface area contributed by atoms with Gasteiger partial charge in [0.15, 0.2) is 11.6 Å². The lowest BCUT2D eigenvalue weighted by atomic mass is 10.1. The molecular formula is C15H13BrFNO2. The zero-order valence-corrected chi connectivity index (χ0v) is 12.6. The smallest absolute Gasteiger partial charge is 0.255 e. The SMILES string of the molecule is COc1ccc(NC(=O)c2cccc(Br)c2C)cc1F. The van der Waals surface area contributed by atoms with Crippen LogP contribution in [0.1, 0.15) is 15.9 Å². The lowest BCUT2D eigenvalue weighted by Crippen LogP contribution is -2.13. The van der Waals surface area contributed by atoms with E-state index in [4.69, 9.17) is 4.74 Å². The maximum Gasteiger partial charge on any atom is 0.255 e. The first kappa shape index (κ1) is 14.5. The zero-order valence-electron chi connectivity index (χ0n) is 11.0. The van der Waals surface area contributed by atoms with Gasteiger partial charge in [-0.1, -0.05) is 22.0 Å². The minimum Gasteiger partial charge on any atom is -0.494 e. The molecular weight excluding hydrogens is 325 g/mol. The van der Waals surface area contributed by atoms with Crippen LogP contribution in [0.5, 0.6) is 5.75 Å². The summed E-state index contributed by atoms with van der Waals surface area (Å²) in [6.45, 7) is 1.84. The second kappa shape index (κ2) is 6.05. The van der Waals surface area contributed by atoms with Gasteiger partial charge in [-0.2, -0.15) is 0 Å². The van der Waals surface area contributed by atoms with E-state index in [9.17, 15) is 9.18 Å². The summed E-state index contributed by atoms with van der Waals surface area (Å²) in [6.07, 6.45) is 0. The van der Waals surface area contributed by atoms with E-state index in [0.717, 1.165) is 10.0 Å². The van der Waals surface area contributed by atoms with Crippen LogP contribution in [0.2, 0.25) is 0 Å². The second-order valence-electron chi connectivity index (χ2n) is 4.22. The molecule has 0 bridgehead atoms. The molecule has 0 spiro atoms. The third kappa shape index (κ3) is 2.99. The summed E-state index contributed by atoms with van der Waals surface area (Å²) < 4.78 is 19.2. The van der Waals surface area contributed by atoms with Crippen molar-refractivity contribution in [3.63, 3.8) is 0 Å². The van der Waals surface area contributed by atoms with Crippen LogP contribution in [0.15, 0.2) is 40.9 Å². The number of anilines is 1. The Morgan fingerprint density at radius 2 is 2.05 bits per heavy atom. The van der Waals surface area contributed by atoms with Crippen LogP contribution in [-0.4, -0.2) is 13.0 Å². The van der Waals surface area contributed by atoms with Gasteiger partial charge in [-0.25, -0.2) is 4.39 Å². The maximum absolute atomic E-state index is 13.6. The van der Waals surface area contributed by atoms with Gasteiger partial charge in [0.2, 0.25) is 0 Å². The van der Waals surface area contributed by atoms with E-state index in [1.807, 2.05) is 13.0 Å². The predicted octanol–water partition coefficient (Wildman–Crippen LogP) is 4.16. The summed E-state index contributed by atoms with van der Waals surface area (Å²) in [4.78, 5) is 12.2. The molecule has 5 heteroatoms. The van der Waals surface area contributed by atoms with E-state index in [1.54, 1.807) is 18.2 Å². The van der Waals surface area contributed by atoms with Crippen molar-refractivity contribution in [1.82, 2.24) is 0 Å². The van der Waals surface area contributed by atoms with Gasteiger partial charge in [-0.15, -0.1) is 0 Å². The van der Waals surface area contributed by atoms with Crippen molar-refractivity contribution in [2.45, 2.75) is 6.92 Å². The monoisotopic (exact) mass is 337 g/mol. The number of ether oxygens (including phenoxy) is 1. The van der Waals surface area contributed by atoms with Crippen molar-refractivity contribution in [3.05, 3.63) is 57.8 Å². The van der Waals surface area contributed by atoms with Gasteiger partial charge in [0.25, 0.3) is 5.91 Å². The van der Waals surface area contributed by atoms with Crippen LogP contribution in [0.25, 0.3) is 0 Å². The van der Waals surface area contributed by atoms with Gasteiger partial charge in [0.05, 0.1) is 7.11 Å². The third-order valence-corrected chi connectivity index (χ3v) is 3.78. The molecule has 0 aromatic heterocycles. The Hall–Kier alpha value is -1.88. The minimum absolute atomic E-state index is 0.140. The Labute approximate surface area is 124 Å². The third-order valence-electron chi connectivity index (χ3n) is 2.92. The number of rotatable bonds is 3. The summed E-state index contributed by atoms with van der Waals surface area (Å²) in [5.41, 5.74) is 1.75. The Morgan fingerprint density at radius 1 is 1.30 bits per heavy atom. The molecule has 2 aromatic rings. The number of nitrogens with one attached hydrogen (secondary N) is 1. The average molecular weight is 338 g/mol. The van der Waals surface area contributed by atoms with Crippen LogP contribution in [0, 0.1) is 12.7 Å². The zero-order chi connectivity index (χ0) is 14.7. The van der Waals surface area contributed by atoms with Crippen molar-refractivity contribution in [3.8, 4) is 5.75 Å². The molecule has 2 aromatic carbocycles. The van der Waals surface area contributed by atoms with Gasteiger partial charge in [0, 0.05) is 21.8 Å². The lowest BCUT2D eigenvalue weighted by Gasteiger charge is -2.10. The highest BCUT2D eigenvalue weighted by molar-refractivity contribution is 9.10. The van der Waals surface area contributed by atoms with E-state index in [2.05, 4.69) is 21.2 Å². The quantitative estimate of drug-likeness (QED) is 0.913. The van der Waals surface area contributed by atoms with Crippen LogP contribution >= 0.6 is 15.9 Å². The molecule has 2 rings (SSSR count). The molecule has 0 saturated carbocycles. The highest BCUT2D eigenvalue weighted by atomic mass is 79.9. The first-order valence-electron chi connectivity index (χ1n) is 5.93. The highest BCUT2D eigenvalue weighted by Gasteiger charge is 2.12. The Bertz CT molecular complexity index is 658. The summed E-state index contributed by atoms with van der Waals surface area (Å²) in [5, 5.41) is 2.66. The highest BCUT2D eigenvalue weighted by Crippen LogP contribution is 2.23. The molecule has 0 atom stereocenters. The molecule has 0 heterocycles. The van der Waals surface area contributed by atoms with Crippen molar-refractivity contribution in [1.29, 1.82) is 0 Å². The normalized spacial score (nSPS) is 10.2. The number of carbonyl (C=O) groups is 1. The predicted molar refractivity (Wildman–Crippen MR) is 79.8 cm³/mol. The summed E-state index contributed by atoms with van der Waals surface area (Å²) >= 11 is 3.37. The number of benzene rings is 2. The van der Waals surface area contributed by atoms with Crippen LogP contribution in [0.3, 0.4) is 0 Å². The molecule has 0 aliphatic rings. The van der Waals surface area contributed by atoms with Gasteiger partial charge in [-0.3, -0.25) is 4.79 Å². The lowest BCUT2D eigenvalue weighted by molar-refractivity contribution is 0.102. The molecule has 20 heavy (non-hydrogen) atoms. The molecule has 1 N–H and O–H groups in total. The maximum atomic E-state index is 13.6. The van der Waals surface area contributed by atoms with Crippen LogP contribution in [-0.2, 0) is 0 Å². The Balaban J connectivity index is 2.24.